The molecule has 0 amide bonds. The summed E-state index contributed by atoms with van der Waals surface area (Å²) in [4.78, 5) is 45.3. The molecular weight excluding hydrogens is 558 g/mol. The third kappa shape index (κ3) is 5.51. The Bertz CT molecular complexity index is 2020. The maximum Gasteiger partial charge on any atom is 0.435 e. The van der Waals surface area contributed by atoms with Gasteiger partial charge in [-0.05, 0) is 89.6 Å². The van der Waals surface area contributed by atoms with Crippen molar-refractivity contribution in [1.29, 1.82) is 0 Å². The van der Waals surface area contributed by atoms with E-state index in [0.717, 1.165) is 16.7 Å². The molecule has 0 radical (unpaired) electrons. The van der Waals surface area contributed by atoms with Crippen molar-refractivity contribution in [1.82, 2.24) is 34.3 Å². The number of nitrogens with zero attached hydrogens (tertiary/aromatic N) is 7. The van der Waals surface area contributed by atoms with Crippen molar-refractivity contribution >= 4 is 34.3 Å². The second kappa shape index (κ2) is 10.7. The van der Waals surface area contributed by atoms with E-state index >= 15 is 0 Å². The Balaban J connectivity index is 1.66. The molecule has 0 atom stereocenters. The Morgan fingerprint density at radius 3 is 2.07 bits per heavy atom. The summed E-state index contributed by atoms with van der Waals surface area (Å²) in [5, 5.41) is 5.38. The first-order valence-corrected chi connectivity index (χ1v) is 14.1. The van der Waals surface area contributed by atoms with Crippen LogP contribution in [0.2, 0.25) is 0 Å². The topological polar surface area (TPSA) is 127 Å². The molecule has 0 aliphatic heterocycles. The third-order valence-electron chi connectivity index (χ3n) is 6.54. The lowest BCUT2D eigenvalue weighted by molar-refractivity contribution is 0.0520. The molecule has 0 saturated heterocycles. The lowest BCUT2D eigenvalue weighted by Crippen LogP contribution is -2.28. The molecule has 0 aliphatic rings. The van der Waals surface area contributed by atoms with Gasteiger partial charge in [-0.2, -0.15) is 9.78 Å². The standard InChI is InChI=1S/C33H31N7O4/c1-32(2,3)43-30(41)39-26(17-23-22(13-16-36-29(23)39)20-9-7-14-34-18-20)28-27-25(40(38-28)31(42)44-33(4,5)6)12-11-24(37-27)21-10-8-15-35-19-21/h7-19H,1-6H3. The molecule has 0 saturated carbocycles. The first-order chi connectivity index (χ1) is 20.9. The van der Waals surface area contributed by atoms with Gasteiger partial charge >= 0.3 is 12.2 Å². The zero-order chi connectivity index (χ0) is 31.2. The monoisotopic (exact) mass is 589 g/mol. The second-order valence-corrected chi connectivity index (χ2v) is 12.2. The molecule has 11 heteroatoms. The Morgan fingerprint density at radius 2 is 1.43 bits per heavy atom. The number of hydrogen-bond donors (Lipinski definition) is 0. The fourth-order valence-electron chi connectivity index (χ4n) is 4.83. The van der Waals surface area contributed by atoms with Crippen LogP contribution in [0.15, 0.2) is 79.5 Å². The molecule has 0 aliphatic carbocycles. The SMILES string of the molecule is CC(C)(C)OC(=O)n1nc(-c2cc3c(-c4cccnc4)ccnc3n2C(=O)OC(C)(C)C)c2nc(-c3cccnc3)ccc21. The van der Waals surface area contributed by atoms with E-state index in [1.54, 1.807) is 84.7 Å². The summed E-state index contributed by atoms with van der Waals surface area (Å²) in [5.41, 5.74) is 3.25. The minimum atomic E-state index is -0.796. The van der Waals surface area contributed by atoms with Crippen LogP contribution >= 0.6 is 0 Å². The Morgan fingerprint density at radius 1 is 0.773 bits per heavy atom. The Hall–Kier alpha value is -5.45. The lowest BCUT2D eigenvalue weighted by atomic mass is 10.1. The minimum absolute atomic E-state index is 0.276. The van der Waals surface area contributed by atoms with E-state index in [1.165, 1.54) is 9.25 Å². The number of aromatic nitrogens is 7. The minimum Gasteiger partial charge on any atom is -0.443 e. The van der Waals surface area contributed by atoms with E-state index in [-0.39, 0.29) is 5.69 Å². The molecule has 0 unspecified atom stereocenters. The Labute approximate surface area is 253 Å². The van der Waals surface area contributed by atoms with E-state index in [4.69, 9.17) is 19.6 Å². The average molecular weight is 590 g/mol. The van der Waals surface area contributed by atoms with Gasteiger partial charge < -0.3 is 9.47 Å². The predicted octanol–water partition coefficient (Wildman–Crippen LogP) is 7.14. The molecule has 6 aromatic rings. The van der Waals surface area contributed by atoms with Crippen LogP contribution in [0.4, 0.5) is 9.59 Å². The van der Waals surface area contributed by atoms with Crippen LogP contribution in [0.1, 0.15) is 41.5 Å². The fourth-order valence-corrected chi connectivity index (χ4v) is 4.83. The average Bonchev–Trinajstić information content (AvgIpc) is 3.55. The van der Waals surface area contributed by atoms with Gasteiger partial charge in [0, 0.05) is 47.5 Å². The van der Waals surface area contributed by atoms with E-state index in [0.29, 0.717) is 33.5 Å². The van der Waals surface area contributed by atoms with Gasteiger partial charge in [-0.25, -0.2) is 24.1 Å². The van der Waals surface area contributed by atoms with Crippen molar-refractivity contribution in [2.45, 2.75) is 52.7 Å². The highest BCUT2D eigenvalue weighted by Gasteiger charge is 2.30. The van der Waals surface area contributed by atoms with Crippen molar-refractivity contribution in [2.75, 3.05) is 0 Å². The highest BCUT2D eigenvalue weighted by atomic mass is 16.6. The molecule has 44 heavy (non-hydrogen) atoms. The summed E-state index contributed by atoms with van der Waals surface area (Å²) in [6, 6.07) is 14.7. The van der Waals surface area contributed by atoms with Gasteiger partial charge in [0.05, 0.1) is 11.4 Å². The van der Waals surface area contributed by atoms with Crippen LogP contribution in [-0.2, 0) is 9.47 Å². The van der Waals surface area contributed by atoms with Gasteiger partial charge in [0.25, 0.3) is 0 Å². The van der Waals surface area contributed by atoms with E-state index in [2.05, 4.69) is 15.0 Å². The van der Waals surface area contributed by atoms with E-state index < -0.39 is 23.4 Å². The van der Waals surface area contributed by atoms with Gasteiger partial charge in [0.15, 0.2) is 5.65 Å². The van der Waals surface area contributed by atoms with Crippen molar-refractivity contribution < 1.29 is 19.1 Å². The lowest BCUT2D eigenvalue weighted by Gasteiger charge is -2.20. The van der Waals surface area contributed by atoms with Crippen molar-refractivity contribution in [3.05, 3.63) is 79.5 Å². The maximum absolute atomic E-state index is 13.9. The molecule has 222 valence electrons. The van der Waals surface area contributed by atoms with Crippen LogP contribution in [0.25, 0.3) is 55.8 Å². The molecule has 0 N–H and O–H groups in total. The van der Waals surface area contributed by atoms with Gasteiger partial charge in [-0.15, -0.1) is 0 Å². The summed E-state index contributed by atoms with van der Waals surface area (Å²) in [7, 11) is 0. The summed E-state index contributed by atoms with van der Waals surface area (Å²) in [6.07, 6.45) is 7.12. The highest BCUT2D eigenvalue weighted by molar-refractivity contribution is 6.05. The number of carbonyl (C=O) groups is 2. The van der Waals surface area contributed by atoms with Crippen LogP contribution in [-0.4, -0.2) is 57.7 Å². The number of fused-ring (bicyclic) bond motifs is 2. The zero-order valence-electron chi connectivity index (χ0n) is 25.3. The largest absolute Gasteiger partial charge is 0.443 e. The van der Waals surface area contributed by atoms with Gasteiger partial charge in [-0.1, -0.05) is 6.07 Å². The van der Waals surface area contributed by atoms with Crippen molar-refractivity contribution in [2.24, 2.45) is 0 Å². The number of pyridine rings is 4. The molecule has 0 bridgehead atoms. The summed E-state index contributed by atoms with van der Waals surface area (Å²) < 4.78 is 14.1. The van der Waals surface area contributed by atoms with Gasteiger partial charge in [-0.3, -0.25) is 9.97 Å². The molecule has 6 aromatic heterocycles. The van der Waals surface area contributed by atoms with Gasteiger partial charge in [0.1, 0.15) is 27.9 Å². The molecule has 11 nitrogen and oxygen atoms in total. The van der Waals surface area contributed by atoms with Crippen molar-refractivity contribution in [3.8, 4) is 33.8 Å². The van der Waals surface area contributed by atoms with Crippen LogP contribution in [0.3, 0.4) is 0 Å². The number of rotatable bonds is 3. The fraction of sp³-hybridized carbons (Fsp3) is 0.242. The number of carbonyl (C=O) groups excluding carboxylic acids is 2. The smallest absolute Gasteiger partial charge is 0.435 e. The van der Waals surface area contributed by atoms with Gasteiger partial charge in [0.2, 0.25) is 0 Å². The zero-order valence-corrected chi connectivity index (χ0v) is 25.3. The molecule has 0 spiro atoms. The first kappa shape index (κ1) is 28.7. The summed E-state index contributed by atoms with van der Waals surface area (Å²) in [5.74, 6) is 0. The first-order valence-electron chi connectivity index (χ1n) is 14.1. The molecular formula is C33H31N7O4. The number of ether oxygens (including phenoxy) is 2. The second-order valence-electron chi connectivity index (χ2n) is 12.2. The van der Waals surface area contributed by atoms with Crippen LogP contribution in [0, 0.1) is 0 Å². The maximum atomic E-state index is 13.9. The molecule has 6 heterocycles. The number of hydrogen-bond acceptors (Lipinski definition) is 9. The van der Waals surface area contributed by atoms with E-state index in [9.17, 15) is 9.59 Å². The van der Waals surface area contributed by atoms with Crippen LogP contribution < -0.4 is 0 Å². The quantitative estimate of drug-likeness (QED) is 0.212. The van der Waals surface area contributed by atoms with Crippen molar-refractivity contribution in [3.63, 3.8) is 0 Å². The molecule has 6 rings (SSSR count). The third-order valence-corrected chi connectivity index (χ3v) is 6.54. The Kier molecular flexibility index (Phi) is 6.95. The van der Waals surface area contributed by atoms with E-state index in [1.807, 2.05) is 36.4 Å². The highest BCUT2D eigenvalue weighted by Crippen LogP contribution is 2.37. The predicted molar refractivity (Wildman–Crippen MR) is 166 cm³/mol. The molecule has 0 fully saturated rings. The normalized spacial score (nSPS) is 12.0. The molecule has 0 aromatic carbocycles. The summed E-state index contributed by atoms with van der Waals surface area (Å²) in [6.45, 7) is 10.7. The van der Waals surface area contributed by atoms with Crippen LogP contribution in [0.5, 0.6) is 0 Å². The summed E-state index contributed by atoms with van der Waals surface area (Å²) >= 11 is 0.